The number of carbonyl (C=O) groups excluding carboxylic acids is 2. The van der Waals surface area contributed by atoms with Gasteiger partial charge in [-0.15, -0.1) is 0 Å². The maximum Gasteiger partial charge on any atom is 0.259 e. The topological polar surface area (TPSA) is 108 Å². The van der Waals surface area contributed by atoms with E-state index in [0.29, 0.717) is 11.4 Å². The highest BCUT2D eigenvalue weighted by molar-refractivity contribution is 7.89. The molecule has 182 valence electrons. The number of halogens is 1. The van der Waals surface area contributed by atoms with E-state index in [2.05, 4.69) is 15.0 Å². The molecule has 0 radical (unpaired) electrons. The van der Waals surface area contributed by atoms with Gasteiger partial charge in [0.05, 0.1) is 10.6 Å². The average Bonchev–Trinajstić information content (AvgIpc) is 3.18. The van der Waals surface area contributed by atoms with Gasteiger partial charge in [-0.3, -0.25) is 19.5 Å². The summed E-state index contributed by atoms with van der Waals surface area (Å²) >= 11 is 0. The summed E-state index contributed by atoms with van der Waals surface area (Å²) in [6.45, 7) is 5.23. The fourth-order valence-electron chi connectivity index (χ4n) is 3.88. The molecule has 0 fully saturated rings. The van der Waals surface area contributed by atoms with E-state index < -0.39 is 39.2 Å². The van der Waals surface area contributed by atoms with Crippen LogP contribution in [0.3, 0.4) is 0 Å². The van der Waals surface area contributed by atoms with Gasteiger partial charge in [-0.1, -0.05) is 0 Å². The summed E-state index contributed by atoms with van der Waals surface area (Å²) in [5.41, 5.74) is 1.28. The number of rotatable bonds is 5. The Morgan fingerprint density at radius 3 is 2.31 bits per heavy atom. The van der Waals surface area contributed by atoms with Crippen LogP contribution in [0.15, 0.2) is 71.9 Å². The summed E-state index contributed by atoms with van der Waals surface area (Å²) in [5.74, 6) is -1.35. The molecule has 0 saturated carbocycles. The van der Waals surface area contributed by atoms with Crippen molar-refractivity contribution in [3.05, 3.63) is 83.9 Å². The number of carbonyl (C=O) groups is 2. The van der Waals surface area contributed by atoms with Gasteiger partial charge in [-0.2, -0.15) is 0 Å². The lowest BCUT2D eigenvalue weighted by molar-refractivity contribution is -0.117. The normalized spacial score (nSPS) is 15.5. The maximum atomic E-state index is 13.4. The number of sulfonamides is 1. The van der Waals surface area contributed by atoms with Gasteiger partial charge in [-0.25, -0.2) is 17.5 Å². The third-order valence-corrected chi connectivity index (χ3v) is 7.12. The van der Waals surface area contributed by atoms with Gasteiger partial charge in [0.15, 0.2) is 0 Å². The number of hydrogen-bond acceptors (Lipinski definition) is 5. The van der Waals surface area contributed by atoms with E-state index in [9.17, 15) is 22.4 Å². The average molecular weight is 497 g/mol. The smallest absolute Gasteiger partial charge is 0.259 e. The minimum Gasteiger partial charge on any atom is -0.324 e. The number of anilines is 2. The van der Waals surface area contributed by atoms with Crippen molar-refractivity contribution in [2.24, 2.45) is 0 Å². The molecule has 8 nitrogen and oxygen atoms in total. The molecule has 0 saturated heterocycles. The van der Waals surface area contributed by atoms with Crippen molar-refractivity contribution in [2.75, 3.05) is 10.2 Å². The molecule has 0 aliphatic carbocycles. The van der Waals surface area contributed by atoms with E-state index in [0.717, 1.165) is 5.56 Å². The number of pyridine rings is 1. The number of nitrogens with one attached hydrogen (secondary N) is 2. The quantitative estimate of drug-likeness (QED) is 0.562. The zero-order chi connectivity index (χ0) is 25.4. The lowest BCUT2D eigenvalue weighted by Crippen LogP contribution is -2.45. The number of fused-ring (bicyclic) bond motifs is 1. The van der Waals surface area contributed by atoms with Gasteiger partial charge in [0, 0.05) is 35.6 Å². The van der Waals surface area contributed by atoms with Crippen molar-refractivity contribution >= 4 is 33.2 Å². The van der Waals surface area contributed by atoms with Crippen molar-refractivity contribution in [3.63, 3.8) is 0 Å². The first-order valence-electron chi connectivity index (χ1n) is 10.9. The van der Waals surface area contributed by atoms with Crippen LogP contribution in [0.1, 0.15) is 36.7 Å². The van der Waals surface area contributed by atoms with E-state index in [1.807, 2.05) is 0 Å². The number of nitrogens with zero attached hydrogens (tertiary/aromatic N) is 2. The van der Waals surface area contributed by atoms with Crippen molar-refractivity contribution < 1.29 is 22.4 Å². The standard InChI is InChI=1S/C25H25FN4O4S/c1-25(2,3)29-35(33,34)20-10-8-19(9-11-20)28-23(31)22-14-17-15-27-13-12-21(17)30(22)24(32)16-4-6-18(26)7-5-16/h4-13,15,22,29H,14H2,1-3H3,(H,28,31). The summed E-state index contributed by atoms with van der Waals surface area (Å²) in [6.07, 6.45) is 3.40. The van der Waals surface area contributed by atoms with Crippen LogP contribution in [0.25, 0.3) is 0 Å². The van der Waals surface area contributed by atoms with Crippen molar-refractivity contribution in [2.45, 2.75) is 43.7 Å². The summed E-state index contributed by atoms with van der Waals surface area (Å²) in [5, 5.41) is 2.76. The van der Waals surface area contributed by atoms with Crippen LogP contribution in [0.5, 0.6) is 0 Å². The first-order valence-corrected chi connectivity index (χ1v) is 12.4. The van der Waals surface area contributed by atoms with E-state index in [4.69, 9.17) is 0 Å². The summed E-state index contributed by atoms with van der Waals surface area (Å²) in [6, 6.07) is 11.7. The van der Waals surface area contributed by atoms with Crippen LogP contribution in [0, 0.1) is 5.82 Å². The number of aromatic nitrogens is 1. The molecule has 2 N–H and O–H groups in total. The first-order chi connectivity index (χ1) is 16.4. The van der Waals surface area contributed by atoms with Crippen LogP contribution in [-0.2, 0) is 21.2 Å². The molecule has 1 aliphatic heterocycles. The van der Waals surface area contributed by atoms with E-state index in [1.165, 1.54) is 59.6 Å². The third-order valence-electron chi connectivity index (χ3n) is 5.35. The summed E-state index contributed by atoms with van der Waals surface area (Å²) in [7, 11) is -3.72. The van der Waals surface area contributed by atoms with Crippen LogP contribution >= 0.6 is 0 Å². The summed E-state index contributed by atoms with van der Waals surface area (Å²) < 4.78 is 41.0. The highest BCUT2D eigenvalue weighted by Gasteiger charge is 2.39. The van der Waals surface area contributed by atoms with Gasteiger partial charge in [0.25, 0.3) is 5.91 Å². The number of benzene rings is 2. The Hall–Kier alpha value is -3.63. The molecule has 1 unspecified atom stereocenters. The predicted molar refractivity (Wildman–Crippen MR) is 130 cm³/mol. The van der Waals surface area contributed by atoms with Crippen LogP contribution in [0.2, 0.25) is 0 Å². The highest BCUT2D eigenvalue weighted by atomic mass is 32.2. The zero-order valence-corrected chi connectivity index (χ0v) is 20.3. The number of hydrogen-bond donors (Lipinski definition) is 2. The number of amides is 2. The Labute approximate surface area is 203 Å². The molecule has 10 heteroatoms. The van der Waals surface area contributed by atoms with Gasteiger partial charge in [0.1, 0.15) is 11.9 Å². The van der Waals surface area contributed by atoms with E-state index in [-0.39, 0.29) is 16.9 Å². The first kappa shape index (κ1) is 24.5. The predicted octanol–water partition coefficient (Wildman–Crippen LogP) is 3.51. The Kier molecular flexibility index (Phi) is 6.44. The van der Waals surface area contributed by atoms with Crippen LogP contribution < -0.4 is 14.9 Å². The second-order valence-electron chi connectivity index (χ2n) is 9.28. The molecule has 1 atom stereocenters. The lowest BCUT2D eigenvalue weighted by Gasteiger charge is -2.25. The van der Waals surface area contributed by atoms with Gasteiger partial charge in [-0.05, 0) is 80.9 Å². The third kappa shape index (κ3) is 5.39. The Bertz CT molecular complexity index is 1370. The fraction of sp³-hybridized carbons (Fsp3) is 0.240. The molecule has 35 heavy (non-hydrogen) atoms. The van der Waals surface area contributed by atoms with E-state index in [1.54, 1.807) is 33.0 Å². The van der Waals surface area contributed by atoms with E-state index >= 15 is 0 Å². The Morgan fingerprint density at radius 2 is 1.69 bits per heavy atom. The van der Waals surface area contributed by atoms with Crippen LogP contribution in [0.4, 0.5) is 15.8 Å². The van der Waals surface area contributed by atoms with Gasteiger partial charge >= 0.3 is 0 Å². The van der Waals surface area contributed by atoms with Crippen molar-refractivity contribution in [1.29, 1.82) is 0 Å². The monoisotopic (exact) mass is 496 g/mol. The molecule has 0 spiro atoms. The zero-order valence-electron chi connectivity index (χ0n) is 19.4. The minimum atomic E-state index is -3.72. The molecule has 2 heterocycles. The van der Waals surface area contributed by atoms with Gasteiger partial charge < -0.3 is 5.32 Å². The van der Waals surface area contributed by atoms with Crippen molar-refractivity contribution in [3.8, 4) is 0 Å². The molecule has 1 aliphatic rings. The molecule has 2 amide bonds. The second-order valence-corrected chi connectivity index (χ2v) is 11.0. The minimum absolute atomic E-state index is 0.0675. The molecule has 2 aromatic carbocycles. The Balaban J connectivity index is 1.56. The molecule has 3 aromatic rings. The largest absolute Gasteiger partial charge is 0.324 e. The van der Waals surface area contributed by atoms with Crippen molar-refractivity contribution in [1.82, 2.24) is 9.71 Å². The van der Waals surface area contributed by atoms with Gasteiger partial charge in [0.2, 0.25) is 15.9 Å². The molecular formula is C25H25FN4O4S. The molecule has 0 bridgehead atoms. The fourth-order valence-corrected chi connectivity index (χ4v) is 5.30. The second kappa shape index (κ2) is 9.20. The maximum absolute atomic E-state index is 13.4. The lowest BCUT2D eigenvalue weighted by atomic mass is 10.1. The molecule has 4 rings (SSSR count). The molecular weight excluding hydrogens is 471 g/mol. The summed E-state index contributed by atoms with van der Waals surface area (Å²) in [4.78, 5) is 32.1. The SMILES string of the molecule is CC(C)(C)NS(=O)(=O)c1ccc(NC(=O)C2Cc3cnccc3N2C(=O)c2ccc(F)cc2)cc1. The van der Waals surface area contributed by atoms with Crippen LogP contribution in [-0.4, -0.2) is 36.8 Å². The highest BCUT2D eigenvalue weighted by Crippen LogP contribution is 2.33. The molecule has 1 aromatic heterocycles. The Morgan fingerprint density at radius 1 is 1.03 bits per heavy atom.